The molecule has 0 unspecified atom stereocenters. The van der Waals surface area contributed by atoms with Gasteiger partial charge in [0.25, 0.3) is 5.56 Å². The fourth-order valence-corrected chi connectivity index (χ4v) is 3.11. The predicted octanol–water partition coefficient (Wildman–Crippen LogP) is 4.23. The maximum Gasteiger partial charge on any atom is 0.335 e. The van der Waals surface area contributed by atoms with Crippen molar-refractivity contribution in [3.8, 4) is 11.3 Å². The van der Waals surface area contributed by atoms with Crippen LogP contribution in [0.15, 0.2) is 53.3 Å². The molecule has 0 aliphatic rings. The molecule has 0 atom stereocenters. The van der Waals surface area contributed by atoms with Crippen LogP contribution in [0.2, 0.25) is 5.02 Å². The third-order valence-electron chi connectivity index (χ3n) is 4.31. The Morgan fingerprint density at radius 1 is 1.17 bits per heavy atom. The van der Waals surface area contributed by atoms with Gasteiger partial charge in [0.05, 0.1) is 11.1 Å². The number of aromatic nitrogens is 2. The fraction of sp³-hybridized carbons (Fsp3) is 0.143. The molecule has 1 aromatic heterocycles. The molecule has 7 nitrogen and oxygen atoms in total. The summed E-state index contributed by atoms with van der Waals surface area (Å²) in [4.78, 5) is 36.5. The first kappa shape index (κ1) is 20.3. The summed E-state index contributed by atoms with van der Waals surface area (Å²) in [5, 5.41) is 16.9. The lowest BCUT2D eigenvalue weighted by atomic mass is 10.0. The highest BCUT2D eigenvalue weighted by Gasteiger charge is 2.22. The second kappa shape index (κ2) is 8.28. The van der Waals surface area contributed by atoms with Gasteiger partial charge in [0.1, 0.15) is 11.4 Å². The van der Waals surface area contributed by atoms with Crippen molar-refractivity contribution in [3.05, 3.63) is 75.0 Å². The molecule has 3 aromatic rings. The summed E-state index contributed by atoms with van der Waals surface area (Å²) in [5.74, 6) is -1.39. The SMILES string of the molecule is CCn1nc(-c2cccc(Cl)c2)c(C(C)=O)c(Nc2ccc(C(=O)O)cc2)c1=O. The molecule has 0 amide bonds. The normalized spacial score (nSPS) is 10.6. The molecular formula is C21H18ClN3O4. The highest BCUT2D eigenvalue weighted by Crippen LogP contribution is 2.29. The Kier molecular flexibility index (Phi) is 5.79. The lowest BCUT2D eigenvalue weighted by Crippen LogP contribution is -2.28. The zero-order valence-corrected chi connectivity index (χ0v) is 16.5. The van der Waals surface area contributed by atoms with E-state index >= 15 is 0 Å². The Morgan fingerprint density at radius 3 is 2.41 bits per heavy atom. The highest BCUT2D eigenvalue weighted by atomic mass is 35.5. The number of rotatable bonds is 6. The average molecular weight is 412 g/mol. The third-order valence-corrected chi connectivity index (χ3v) is 4.54. The van der Waals surface area contributed by atoms with E-state index in [9.17, 15) is 14.4 Å². The van der Waals surface area contributed by atoms with Gasteiger partial charge in [-0.2, -0.15) is 5.10 Å². The number of hydrogen-bond acceptors (Lipinski definition) is 5. The number of hydrogen-bond donors (Lipinski definition) is 2. The van der Waals surface area contributed by atoms with Gasteiger partial charge in [0.2, 0.25) is 0 Å². The molecule has 8 heteroatoms. The van der Waals surface area contributed by atoms with Crippen molar-refractivity contribution in [2.45, 2.75) is 20.4 Å². The molecule has 29 heavy (non-hydrogen) atoms. The number of aromatic carboxylic acids is 1. The number of benzene rings is 2. The summed E-state index contributed by atoms with van der Waals surface area (Å²) in [7, 11) is 0. The van der Waals surface area contributed by atoms with Crippen LogP contribution in [0.5, 0.6) is 0 Å². The van der Waals surface area contributed by atoms with Gasteiger partial charge >= 0.3 is 5.97 Å². The summed E-state index contributed by atoms with van der Waals surface area (Å²) >= 11 is 6.10. The Balaban J connectivity index is 2.21. The summed E-state index contributed by atoms with van der Waals surface area (Å²) in [6.07, 6.45) is 0. The molecule has 0 fully saturated rings. The Labute approximate surface area is 171 Å². The maximum absolute atomic E-state index is 12.9. The first-order valence-corrected chi connectivity index (χ1v) is 9.22. The van der Waals surface area contributed by atoms with Crippen LogP contribution in [0.1, 0.15) is 34.6 Å². The number of ketones is 1. The second-order valence-corrected chi connectivity index (χ2v) is 6.73. The number of anilines is 2. The van der Waals surface area contributed by atoms with Crippen LogP contribution in [0, 0.1) is 0 Å². The summed E-state index contributed by atoms with van der Waals surface area (Å²) < 4.78 is 1.26. The molecule has 0 aliphatic carbocycles. The van der Waals surface area contributed by atoms with E-state index in [4.69, 9.17) is 16.7 Å². The van der Waals surface area contributed by atoms with Crippen molar-refractivity contribution in [3.63, 3.8) is 0 Å². The van der Waals surface area contributed by atoms with E-state index in [1.165, 1.54) is 35.9 Å². The highest BCUT2D eigenvalue weighted by molar-refractivity contribution is 6.30. The van der Waals surface area contributed by atoms with E-state index in [0.29, 0.717) is 28.5 Å². The minimum absolute atomic E-state index is 0.0763. The van der Waals surface area contributed by atoms with Crippen molar-refractivity contribution in [1.82, 2.24) is 9.78 Å². The molecule has 1 heterocycles. The topological polar surface area (TPSA) is 101 Å². The number of carbonyl (C=O) groups is 2. The smallest absolute Gasteiger partial charge is 0.335 e. The molecule has 0 spiro atoms. The van der Waals surface area contributed by atoms with Crippen molar-refractivity contribution in [1.29, 1.82) is 0 Å². The van der Waals surface area contributed by atoms with E-state index in [2.05, 4.69) is 10.4 Å². The van der Waals surface area contributed by atoms with Crippen molar-refractivity contribution in [2.24, 2.45) is 0 Å². The van der Waals surface area contributed by atoms with E-state index in [0.717, 1.165) is 0 Å². The third kappa shape index (κ3) is 4.20. The standard InChI is InChI=1S/C21H18ClN3O4/c1-3-25-20(27)19(23-16-9-7-13(8-10-16)21(28)29)17(12(2)26)18(24-25)14-5-4-6-15(22)11-14/h4-11,23H,3H2,1-2H3,(H,28,29). The van der Waals surface area contributed by atoms with Gasteiger partial charge in [-0.05, 0) is 50.2 Å². The molecule has 3 rings (SSSR count). The Bertz CT molecular complexity index is 1150. The molecule has 0 radical (unpaired) electrons. The van der Waals surface area contributed by atoms with Crippen LogP contribution in [0.4, 0.5) is 11.4 Å². The van der Waals surface area contributed by atoms with Crippen LogP contribution in [0.25, 0.3) is 11.3 Å². The fourth-order valence-electron chi connectivity index (χ4n) is 2.92. The van der Waals surface area contributed by atoms with Crippen LogP contribution in [0.3, 0.4) is 0 Å². The summed E-state index contributed by atoms with van der Waals surface area (Å²) in [5.41, 5.74) is 1.30. The number of carbonyl (C=O) groups excluding carboxylic acids is 1. The molecule has 2 aromatic carbocycles. The number of nitrogens with zero attached hydrogens (tertiary/aromatic N) is 2. The molecule has 0 saturated carbocycles. The number of carboxylic acid groups (broad SMARTS) is 1. The number of aryl methyl sites for hydroxylation is 1. The molecule has 0 aliphatic heterocycles. The van der Waals surface area contributed by atoms with Crippen molar-refractivity contribution >= 4 is 34.7 Å². The zero-order chi connectivity index (χ0) is 21.1. The summed E-state index contributed by atoms with van der Waals surface area (Å²) in [6, 6.07) is 12.8. The first-order valence-electron chi connectivity index (χ1n) is 8.84. The van der Waals surface area contributed by atoms with Gasteiger partial charge in [-0.3, -0.25) is 9.59 Å². The van der Waals surface area contributed by atoms with Gasteiger partial charge in [-0.15, -0.1) is 0 Å². The number of carboxylic acids is 1. The number of nitrogens with one attached hydrogen (secondary N) is 1. The summed E-state index contributed by atoms with van der Waals surface area (Å²) in [6.45, 7) is 3.44. The maximum atomic E-state index is 12.9. The Hall–Kier alpha value is -3.45. The van der Waals surface area contributed by atoms with Gasteiger partial charge in [-0.1, -0.05) is 23.7 Å². The lowest BCUT2D eigenvalue weighted by Gasteiger charge is -2.16. The van der Waals surface area contributed by atoms with Gasteiger partial charge < -0.3 is 10.4 Å². The quantitative estimate of drug-likeness (QED) is 0.588. The average Bonchev–Trinajstić information content (AvgIpc) is 2.69. The largest absolute Gasteiger partial charge is 0.478 e. The zero-order valence-electron chi connectivity index (χ0n) is 15.8. The minimum atomic E-state index is -1.05. The van der Waals surface area contributed by atoms with E-state index in [-0.39, 0.29) is 22.6 Å². The van der Waals surface area contributed by atoms with E-state index in [1.807, 2.05) is 0 Å². The van der Waals surface area contributed by atoms with Gasteiger partial charge in [-0.25, -0.2) is 9.48 Å². The number of halogens is 1. The molecular weight excluding hydrogens is 394 g/mol. The van der Waals surface area contributed by atoms with Crippen LogP contribution in [-0.4, -0.2) is 26.6 Å². The minimum Gasteiger partial charge on any atom is -0.478 e. The van der Waals surface area contributed by atoms with Crippen LogP contribution >= 0.6 is 11.6 Å². The monoisotopic (exact) mass is 411 g/mol. The molecule has 148 valence electrons. The van der Waals surface area contributed by atoms with Crippen LogP contribution < -0.4 is 10.9 Å². The van der Waals surface area contributed by atoms with E-state index in [1.54, 1.807) is 31.2 Å². The van der Waals surface area contributed by atoms with Crippen LogP contribution in [-0.2, 0) is 6.54 Å². The molecule has 2 N–H and O–H groups in total. The van der Waals surface area contributed by atoms with Gasteiger partial charge in [0, 0.05) is 22.8 Å². The number of Topliss-reactive ketones (excluding diaryl/α,β-unsaturated/α-hetero) is 1. The predicted molar refractivity (Wildman–Crippen MR) is 111 cm³/mol. The molecule has 0 saturated heterocycles. The van der Waals surface area contributed by atoms with E-state index < -0.39 is 11.5 Å². The van der Waals surface area contributed by atoms with Gasteiger partial charge in [0.15, 0.2) is 5.78 Å². The Morgan fingerprint density at radius 2 is 1.86 bits per heavy atom. The van der Waals surface area contributed by atoms with Crippen molar-refractivity contribution < 1.29 is 14.7 Å². The lowest BCUT2D eigenvalue weighted by molar-refractivity contribution is 0.0696. The van der Waals surface area contributed by atoms with Crippen molar-refractivity contribution in [2.75, 3.05) is 5.32 Å². The first-order chi connectivity index (χ1) is 13.8. The second-order valence-electron chi connectivity index (χ2n) is 6.29. The molecule has 0 bridgehead atoms.